The van der Waals surface area contributed by atoms with Crippen LogP contribution in [0.3, 0.4) is 0 Å². The quantitative estimate of drug-likeness (QED) is 0.803. The van der Waals surface area contributed by atoms with E-state index in [2.05, 4.69) is 15.9 Å². The highest BCUT2D eigenvalue weighted by atomic mass is 79.9. The van der Waals surface area contributed by atoms with Crippen LogP contribution < -0.4 is 5.73 Å². The minimum Gasteiger partial charge on any atom is -0.324 e. The monoisotopic (exact) mass is 361 g/mol. The normalized spacial score (nSPS) is 12.5. The lowest BCUT2D eigenvalue weighted by atomic mass is 9.99. The third kappa shape index (κ3) is 3.48. The van der Waals surface area contributed by atoms with Crippen LogP contribution in [0.25, 0.3) is 0 Å². The van der Waals surface area contributed by atoms with Crippen LogP contribution in [-0.4, -0.2) is 0 Å². The van der Waals surface area contributed by atoms with Crippen LogP contribution in [-0.2, 0) is 6.42 Å². The SMILES string of the molecule is NC(Cc1c(F)cccc1Cl)c1ccc(Cl)cc1Br. The van der Waals surface area contributed by atoms with E-state index in [9.17, 15) is 4.39 Å². The van der Waals surface area contributed by atoms with E-state index in [1.807, 2.05) is 6.07 Å². The fourth-order valence-corrected chi connectivity index (χ4v) is 3.08. The molecule has 0 aliphatic heterocycles. The molecule has 5 heteroatoms. The lowest BCUT2D eigenvalue weighted by Gasteiger charge is -2.15. The molecule has 0 aliphatic carbocycles. The van der Waals surface area contributed by atoms with Gasteiger partial charge in [-0.3, -0.25) is 0 Å². The molecule has 0 saturated heterocycles. The highest BCUT2D eigenvalue weighted by Crippen LogP contribution is 2.30. The second kappa shape index (κ2) is 6.23. The van der Waals surface area contributed by atoms with Gasteiger partial charge in [-0.25, -0.2) is 4.39 Å². The van der Waals surface area contributed by atoms with Crippen LogP contribution in [0.15, 0.2) is 40.9 Å². The fraction of sp³-hybridized carbons (Fsp3) is 0.143. The van der Waals surface area contributed by atoms with Gasteiger partial charge in [0.25, 0.3) is 0 Å². The molecule has 2 aromatic rings. The maximum atomic E-state index is 13.7. The first-order chi connectivity index (χ1) is 8.99. The molecule has 2 rings (SSSR count). The molecule has 2 aromatic carbocycles. The molecule has 1 unspecified atom stereocenters. The van der Waals surface area contributed by atoms with E-state index < -0.39 is 0 Å². The van der Waals surface area contributed by atoms with Crippen molar-refractivity contribution < 1.29 is 4.39 Å². The Labute approximate surface area is 129 Å². The van der Waals surface area contributed by atoms with Crippen molar-refractivity contribution in [1.29, 1.82) is 0 Å². The molecule has 0 bridgehead atoms. The van der Waals surface area contributed by atoms with Gasteiger partial charge in [-0.15, -0.1) is 0 Å². The highest BCUT2D eigenvalue weighted by molar-refractivity contribution is 9.10. The zero-order chi connectivity index (χ0) is 14.0. The molecule has 2 N–H and O–H groups in total. The smallest absolute Gasteiger partial charge is 0.127 e. The number of benzene rings is 2. The first-order valence-electron chi connectivity index (χ1n) is 5.62. The minimum atomic E-state index is -0.360. The summed E-state index contributed by atoms with van der Waals surface area (Å²) >= 11 is 15.3. The van der Waals surface area contributed by atoms with Crippen molar-refractivity contribution in [3.63, 3.8) is 0 Å². The average molecular weight is 363 g/mol. The summed E-state index contributed by atoms with van der Waals surface area (Å²) in [6.45, 7) is 0. The van der Waals surface area contributed by atoms with E-state index in [0.29, 0.717) is 22.0 Å². The second-order valence-corrected chi connectivity index (χ2v) is 5.87. The Morgan fingerprint density at radius 2 is 1.95 bits per heavy atom. The van der Waals surface area contributed by atoms with E-state index in [4.69, 9.17) is 28.9 Å². The van der Waals surface area contributed by atoms with Crippen LogP contribution in [0.1, 0.15) is 17.2 Å². The van der Waals surface area contributed by atoms with Crippen molar-refractivity contribution in [2.45, 2.75) is 12.5 Å². The molecule has 0 aliphatic rings. The summed E-state index contributed by atoms with van der Waals surface area (Å²) in [5.41, 5.74) is 7.41. The Balaban J connectivity index is 2.28. The molecule has 0 heterocycles. The van der Waals surface area contributed by atoms with Crippen molar-refractivity contribution in [3.05, 3.63) is 67.9 Å². The van der Waals surface area contributed by atoms with E-state index >= 15 is 0 Å². The maximum Gasteiger partial charge on any atom is 0.127 e. The summed E-state index contributed by atoms with van der Waals surface area (Å²) in [7, 11) is 0. The van der Waals surface area contributed by atoms with Crippen molar-refractivity contribution in [3.8, 4) is 0 Å². The Morgan fingerprint density at radius 1 is 1.21 bits per heavy atom. The summed E-state index contributed by atoms with van der Waals surface area (Å²) in [5.74, 6) is -0.340. The summed E-state index contributed by atoms with van der Waals surface area (Å²) in [6, 6.07) is 9.59. The van der Waals surface area contributed by atoms with Gasteiger partial charge in [0.1, 0.15) is 5.82 Å². The third-order valence-corrected chi connectivity index (χ3v) is 4.12. The van der Waals surface area contributed by atoms with Crippen LogP contribution in [0, 0.1) is 5.82 Å². The van der Waals surface area contributed by atoms with E-state index in [1.165, 1.54) is 6.07 Å². The molecule has 1 nitrogen and oxygen atoms in total. The van der Waals surface area contributed by atoms with E-state index in [0.717, 1.165) is 10.0 Å². The van der Waals surface area contributed by atoms with Crippen LogP contribution in [0.2, 0.25) is 10.0 Å². The van der Waals surface area contributed by atoms with Crippen molar-refractivity contribution in [2.75, 3.05) is 0 Å². The van der Waals surface area contributed by atoms with Crippen molar-refractivity contribution in [1.82, 2.24) is 0 Å². The number of hydrogen-bond acceptors (Lipinski definition) is 1. The predicted octanol–water partition coefficient (Wildman–Crippen LogP) is 5.14. The molecule has 0 aromatic heterocycles. The van der Waals surface area contributed by atoms with Gasteiger partial charge in [0.15, 0.2) is 0 Å². The van der Waals surface area contributed by atoms with Gasteiger partial charge in [-0.05, 0) is 36.2 Å². The average Bonchev–Trinajstić information content (AvgIpc) is 2.33. The summed E-state index contributed by atoms with van der Waals surface area (Å²) in [6.07, 6.45) is 0.325. The highest BCUT2D eigenvalue weighted by Gasteiger charge is 2.15. The summed E-state index contributed by atoms with van der Waals surface area (Å²) < 4.78 is 14.5. The van der Waals surface area contributed by atoms with E-state index in [-0.39, 0.29) is 11.9 Å². The first-order valence-corrected chi connectivity index (χ1v) is 7.17. The maximum absolute atomic E-state index is 13.7. The van der Waals surface area contributed by atoms with Gasteiger partial charge >= 0.3 is 0 Å². The Kier molecular flexibility index (Phi) is 4.85. The van der Waals surface area contributed by atoms with Crippen LogP contribution >= 0.6 is 39.1 Å². The first kappa shape index (κ1) is 14.8. The van der Waals surface area contributed by atoms with Gasteiger partial charge in [0, 0.05) is 26.1 Å². The van der Waals surface area contributed by atoms with E-state index in [1.54, 1.807) is 24.3 Å². The van der Waals surface area contributed by atoms with Gasteiger partial charge in [0.2, 0.25) is 0 Å². The standard InChI is InChI=1S/C14H11BrCl2FN/c15-11-6-8(16)4-5-9(11)14(19)7-10-12(17)2-1-3-13(10)18/h1-6,14H,7,19H2. The lowest BCUT2D eigenvalue weighted by molar-refractivity contribution is 0.593. The van der Waals surface area contributed by atoms with Gasteiger partial charge in [-0.2, -0.15) is 0 Å². The third-order valence-electron chi connectivity index (χ3n) is 2.85. The van der Waals surface area contributed by atoms with Gasteiger partial charge in [0.05, 0.1) is 0 Å². The Morgan fingerprint density at radius 3 is 2.58 bits per heavy atom. The summed E-state index contributed by atoms with van der Waals surface area (Å²) in [4.78, 5) is 0. The van der Waals surface area contributed by atoms with Gasteiger partial charge in [-0.1, -0.05) is 51.3 Å². The molecule has 0 saturated carbocycles. The second-order valence-electron chi connectivity index (χ2n) is 4.18. The van der Waals surface area contributed by atoms with Crippen molar-refractivity contribution >= 4 is 39.1 Å². The lowest BCUT2D eigenvalue weighted by Crippen LogP contribution is -2.15. The molecular formula is C14H11BrCl2FN. The molecule has 0 spiro atoms. The van der Waals surface area contributed by atoms with Crippen LogP contribution in [0.4, 0.5) is 4.39 Å². The number of halogens is 4. The Hall–Kier alpha value is -0.610. The topological polar surface area (TPSA) is 26.0 Å². The number of nitrogens with two attached hydrogens (primary N) is 1. The largest absolute Gasteiger partial charge is 0.324 e. The minimum absolute atomic E-state index is 0.325. The Bertz CT molecular complexity index is 584. The zero-order valence-corrected chi connectivity index (χ0v) is 12.9. The van der Waals surface area contributed by atoms with Crippen molar-refractivity contribution in [2.24, 2.45) is 5.73 Å². The molecule has 100 valence electrons. The molecule has 1 atom stereocenters. The number of hydrogen-bond donors (Lipinski definition) is 1. The predicted molar refractivity (Wildman–Crippen MR) is 81.2 cm³/mol. The number of rotatable bonds is 3. The zero-order valence-electron chi connectivity index (χ0n) is 9.84. The molecule has 0 radical (unpaired) electrons. The molecule has 19 heavy (non-hydrogen) atoms. The van der Waals surface area contributed by atoms with Crippen LogP contribution in [0.5, 0.6) is 0 Å². The molecule has 0 amide bonds. The molecular weight excluding hydrogens is 352 g/mol. The summed E-state index contributed by atoms with van der Waals surface area (Å²) in [5, 5.41) is 1.01. The fourth-order valence-electron chi connectivity index (χ4n) is 1.86. The molecule has 0 fully saturated rings. The van der Waals surface area contributed by atoms with Gasteiger partial charge < -0.3 is 5.73 Å².